The van der Waals surface area contributed by atoms with Crippen molar-refractivity contribution in [3.05, 3.63) is 30.3 Å². The molecule has 0 saturated heterocycles. The van der Waals surface area contributed by atoms with Gasteiger partial charge < -0.3 is 19.9 Å². The van der Waals surface area contributed by atoms with E-state index in [1.54, 1.807) is 51.1 Å². The molecule has 23 heavy (non-hydrogen) atoms. The summed E-state index contributed by atoms with van der Waals surface area (Å²) in [6.07, 6.45) is -1.19. The minimum atomic E-state index is -1.11. The fourth-order valence-electron chi connectivity index (χ4n) is 1.64. The van der Waals surface area contributed by atoms with E-state index in [1.807, 2.05) is 0 Å². The fourth-order valence-corrected chi connectivity index (χ4v) is 1.64. The van der Waals surface area contributed by atoms with Crippen LogP contribution >= 0.6 is 0 Å². The van der Waals surface area contributed by atoms with Gasteiger partial charge in [-0.1, -0.05) is 18.2 Å². The Morgan fingerprint density at radius 1 is 1.17 bits per heavy atom. The molecule has 0 aliphatic heterocycles. The van der Waals surface area contributed by atoms with Crippen molar-refractivity contribution in [2.24, 2.45) is 0 Å². The molecule has 7 heteroatoms. The van der Waals surface area contributed by atoms with Gasteiger partial charge in [-0.3, -0.25) is 4.79 Å². The molecule has 0 fully saturated rings. The zero-order chi connectivity index (χ0) is 17.5. The number of carboxylic acids is 1. The monoisotopic (exact) mass is 323 g/mol. The van der Waals surface area contributed by atoms with E-state index < -0.39 is 29.7 Å². The largest absolute Gasteiger partial charge is 0.481 e. The van der Waals surface area contributed by atoms with Crippen molar-refractivity contribution in [1.82, 2.24) is 5.32 Å². The van der Waals surface area contributed by atoms with Crippen LogP contribution in [0.1, 0.15) is 33.6 Å². The molecular formula is C16H21NO6. The number of hydrogen-bond acceptors (Lipinski definition) is 5. The number of ether oxygens (including phenoxy) is 2. The second kappa shape index (κ2) is 8.17. The molecule has 2 N–H and O–H groups in total. The lowest BCUT2D eigenvalue weighted by Crippen LogP contribution is -2.45. The lowest BCUT2D eigenvalue weighted by molar-refractivity contribution is -0.139. The van der Waals surface area contributed by atoms with Crippen molar-refractivity contribution in [3.63, 3.8) is 0 Å². The van der Waals surface area contributed by atoms with Gasteiger partial charge in [-0.25, -0.2) is 9.59 Å². The molecule has 0 radical (unpaired) electrons. The highest BCUT2D eigenvalue weighted by Crippen LogP contribution is 2.12. The Hall–Kier alpha value is -2.57. The van der Waals surface area contributed by atoms with E-state index in [9.17, 15) is 14.4 Å². The Kier molecular flexibility index (Phi) is 6.56. The van der Waals surface area contributed by atoms with Crippen LogP contribution in [0.15, 0.2) is 30.3 Å². The van der Waals surface area contributed by atoms with Gasteiger partial charge in [-0.2, -0.15) is 0 Å². The van der Waals surface area contributed by atoms with Gasteiger partial charge in [0.15, 0.2) is 0 Å². The molecule has 1 aromatic carbocycles. The van der Waals surface area contributed by atoms with E-state index >= 15 is 0 Å². The first-order valence-corrected chi connectivity index (χ1v) is 7.15. The van der Waals surface area contributed by atoms with Crippen LogP contribution in [-0.2, 0) is 14.3 Å². The predicted molar refractivity (Wildman–Crippen MR) is 82.1 cm³/mol. The van der Waals surface area contributed by atoms with Gasteiger partial charge in [-0.05, 0) is 39.3 Å². The standard InChI is InChI=1S/C16H21NO6/c1-16(2,3)23-15(21)17-12(9-10-13(18)19)14(20)22-11-7-5-4-6-8-11/h4-8,12H,9-10H2,1-3H3,(H,17,21)(H,18,19)/t12-/m1/s1. The maximum Gasteiger partial charge on any atom is 0.408 e. The number of esters is 1. The molecule has 0 unspecified atom stereocenters. The van der Waals surface area contributed by atoms with Gasteiger partial charge in [0, 0.05) is 6.42 Å². The maximum absolute atomic E-state index is 12.1. The van der Waals surface area contributed by atoms with Crippen molar-refractivity contribution in [2.45, 2.75) is 45.3 Å². The van der Waals surface area contributed by atoms with Crippen molar-refractivity contribution in [1.29, 1.82) is 0 Å². The molecule has 7 nitrogen and oxygen atoms in total. The van der Waals surface area contributed by atoms with Gasteiger partial charge >= 0.3 is 18.0 Å². The number of benzene rings is 1. The number of rotatable bonds is 6. The molecule has 0 heterocycles. The van der Waals surface area contributed by atoms with E-state index in [0.717, 1.165) is 0 Å². The Morgan fingerprint density at radius 3 is 2.30 bits per heavy atom. The third kappa shape index (κ3) is 7.85. The Bertz CT molecular complexity index is 549. The first-order chi connectivity index (χ1) is 10.7. The summed E-state index contributed by atoms with van der Waals surface area (Å²) in [4.78, 5) is 34.6. The SMILES string of the molecule is CC(C)(C)OC(=O)N[C@H](CCC(=O)O)C(=O)Oc1ccccc1. The third-order valence-electron chi connectivity index (χ3n) is 2.58. The van der Waals surface area contributed by atoms with Gasteiger partial charge in [-0.15, -0.1) is 0 Å². The van der Waals surface area contributed by atoms with Crippen LogP contribution in [-0.4, -0.2) is 34.8 Å². The topological polar surface area (TPSA) is 102 Å². The van der Waals surface area contributed by atoms with Crippen LogP contribution in [0, 0.1) is 0 Å². The number of nitrogens with one attached hydrogen (secondary N) is 1. The minimum absolute atomic E-state index is 0.0970. The van der Waals surface area contributed by atoms with E-state index in [4.69, 9.17) is 14.6 Å². The average Bonchev–Trinajstić information content (AvgIpc) is 2.42. The minimum Gasteiger partial charge on any atom is -0.481 e. The molecule has 1 atom stereocenters. The molecule has 0 aliphatic carbocycles. The highest BCUT2D eigenvalue weighted by atomic mass is 16.6. The van der Waals surface area contributed by atoms with Crippen LogP contribution in [0.3, 0.4) is 0 Å². The first kappa shape index (κ1) is 18.5. The lowest BCUT2D eigenvalue weighted by Gasteiger charge is -2.22. The number of amides is 1. The number of hydrogen-bond donors (Lipinski definition) is 2. The van der Waals surface area contributed by atoms with Crippen molar-refractivity contribution in [2.75, 3.05) is 0 Å². The van der Waals surface area contributed by atoms with E-state index in [0.29, 0.717) is 5.75 Å². The molecule has 0 spiro atoms. The lowest BCUT2D eigenvalue weighted by atomic mass is 10.1. The number of carbonyl (C=O) groups is 3. The maximum atomic E-state index is 12.1. The number of alkyl carbamates (subject to hydrolysis) is 1. The summed E-state index contributed by atoms with van der Waals surface area (Å²) in [5, 5.41) is 11.1. The summed E-state index contributed by atoms with van der Waals surface area (Å²) in [5.74, 6) is -1.51. The number of carboxylic acid groups (broad SMARTS) is 1. The highest BCUT2D eigenvalue weighted by Gasteiger charge is 2.26. The van der Waals surface area contributed by atoms with Crippen molar-refractivity contribution in [3.8, 4) is 5.75 Å². The summed E-state index contributed by atoms with van der Waals surface area (Å²) < 4.78 is 10.2. The smallest absolute Gasteiger partial charge is 0.408 e. The van der Waals surface area contributed by atoms with Gasteiger partial charge in [0.05, 0.1) is 0 Å². The van der Waals surface area contributed by atoms with Gasteiger partial charge in [0.25, 0.3) is 0 Å². The second-order valence-electron chi connectivity index (χ2n) is 5.87. The quantitative estimate of drug-likeness (QED) is 0.615. The summed E-state index contributed by atoms with van der Waals surface area (Å²) in [6, 6.07) is 7.20. The highest BCUT2D eigenvalue weighted by molar-refractivity contribution is 5.83. The molecule has 0 aromatic heterocycles. The number of aliphatic carboxylic acids is 1. The molecule has 0 bridgehead atoms. The van der Waals surface area contributed by atoms with Crippen molar-refractivity contribution >= 4 is 18.0 Å². The normalized spacial score (nSPS) is 12.1. The molecule has 1 aromatic rings. The molecule has 0 aliphatic rings. The summed E-state index contributed by atoms with van der Waals surface area (Å²) in [5.41, 5.74) is -0.731. The van der Waals surface area contributed by atoms with Gasteiger partial charge in [0.2, 0.25) is 0 Å². The first-order valence-electron chi connectivity index (χ1n) is 7.15. The molecule has 1 amide bonds. The van der Waals surface area contributed by atoms with Crippen LogP contribution in [0.4, 0.5) is 4.79 Å². The van der Waals surface area contributed by atoms with Crippen LogP contribution < -0.4 is 10.1 Å². The van der Waals surface area contributed by atoms with Crippen LogP contribution in [0.25, 0.3) is 0 Å². The molecule has 1 rings (SSSR count). The molecule has 0 saturated carbocycles. The number of carbonyl (C=O) groups excluding carboxylic acids is 2. The zero-order valence-corrected chi connectivity index (χ0v) is 13.4. The summed E-state index contributed by atoms with van der Waals surface area (Å²) in [7, 11) is 0. The van der Waals surface area contributed by atoms with E-state index in [2.05, 4.69) is 5.32 Å². The fraction of sp³-hybridized carbons (Fsp3) is 0.438. The number of para-hydroxylation sites is 1. The Balaban J connectivity index is 2.72. The molecule has 126 valence electrons. The summed E-state index contributed by atoms with van der Waals surface area (Å²) in [6.45, 7) is 5.05. The predicted octanol–water partition coefficient (Wildman–Crippen LogP) is 2.35. The second-order valence-corrected chi connectivity index (χ2v) is 5.87. The third-order valence-corrected chi connectivity index (χ3v) is 2.58. The van der Waals surface area contributed by atoms with E-state index in [-0.39, 0.29) is 12.8 Å². The van der Waals surface area contributed by atoms with Crippen LogP contribution in [0.2, 0.25) is 0 Å². The van der Waals surface area contributed by atoms with Gasteiger partial charge in [0.1, 0.15) is 17.4 Å². The van der Waals surface area contributed by atoms with E-state index in [1.165, 1.54) is 0 Å². The summed E-state index contributed by atoms with van der Waals surface area (Å²) >= 11 is 0. The zero-order valence-electron chi connectivity index (χ0n) is 13.4. The Labute approximate surface area is 134 Å². The van der Waals surface area contributed by atoms with Crippen LogP contribution in [0.5, 0.6) is 5.75 Å². The Morgan fingerprint density at radius 2 is 1.78 bits per heavy atom. The molecular weight excluding hydrogens is 302 g/mol. The van der Waals surface area contributed by atoms with Crippen molar-refractivity contribution < 1.29 is 29.0 Å². The average molecular weight is 323 g/mol.